The summed E-state index contributed by atoms with van der Waals surface area (Å²) in [6.07, 6.45) is 0. The van der Waals surface area contributed by atoms with Gasteiger partial charge in [-0.25, -0.2) is 4.98 Å². The van der Waals surface area contributed by atoms with E-state index >= 15 is 0 Å². The second kappa shape index (κ2) is 3.59. The van der Waals surface area contributed by atoms with Crippen LogP contribution in [0.2, 0.25) is 0 Å². The zero-order valence-corrected chi connectivity index (χ0v) is 10.7. The first-order valence-electron chi connectivity index (χ1n) is 5.12. The van der Waals surface area contributed by atoms with Gasteiger partial charge in [-0.05, 0) is 35.0 Å². The molecule has 0 aliphatic carbocycles. The van der Waals surface area contributed by atoms with Crippen LogP contribution in [0.4, 0.5) is 5.82 Å². The number of fused-ring (bicyclic) bond motifs is 1. The van der Waals surface area contributed by atoms with E-state index in [0.29, 0.717) is 11.8 Å². The number of hydrogen-bond donors (Lipinski definition) is 2. The number of aromatic amines is 1. The minimum absolute atomic E-state index is 0.543. The number of halogens is 1. The maximum absolute atomic E-state index is 5.95. The fraction of sp³-hybridized carbons (Fsp3) is 0.0909. The fourth-order valence-corrected chi connectivity index (χ4v) is 1.97. The molecule has 0 saturated heterocycles. The summed E-state index contributed by atoms with van der Waals surface area (Å²) in [5.74, 6) is 1.17. The van der Waals surface area contributed by atoms with Crippen molar-refractivity contribution in [3.8, 4) is 5.95 Å². The van der Waals surface area contributed by atoms with E-state index in [-0.39, 0.29) is 0 Å². The molecule has 0 saturated carbocycles. The molecule has 17 heavy (non-hydrogen) atoms. The minimum Gasteiger partial charge on any atom is -0.383 e. The number of nitrogens with two attached hydrogens (primary N) is 1. The Bertz CT molecular complexity index is 664. The van der Waals surface area contributed by atoms with Gasteiger partial charge in [0.25, 0.3) is 0 Å². The van der Waals surface area contributed by atoms with Crippen LogP contribution >= 0.6 is 15.9 Å². The van der Waals surface area contributed by atoms with Gasteiger partial charge in [0.15, 0.2) is 0 Å². The van der Waals surface area contributed by atoms with Gasteiger partial charge >= 0.3 is 0 Å². The zero-order chi connectivity index (χ0) is 12.0. The molecule has 0 unspecified atom stereocenters. The lowest BCUT2D eigenvalue weighted by atomic mass is 10.3. The molecule has 6 heteroatoms. The van der Waals surface area contributed by atoms with E-state index in [4.69, 9.17) is 5.73 Å². The van der Waals surface area contributed by atoms with E-state index in [1.807, 2.05) is 31.2 Å². The van der Waals surface area contributed by atoms with Crippen molar-refractivity contribution in [1.82, 2.24) is 19.7 Å². The van der Waals surface area contributed by atoms with Gasteiger partial charge in [0, 0.05) is 0 Å². The molecule has 0 radical (unpaired) electrons. The Balaban J connectivity index is 2.23. The number of H-pyrrole nitrogens is 1. The molecular formula is C11H10BrN5. The Kier molecular flexibility index (Phi) is 2.19. The average Bonchev–Trinajstić information content (AvgIpc) is 2.86. The highest BCUT2D eigenvalue weighted by atomic mass is 79.9. The molecule has 1 aromatic carbocycles. The molecule has 0 aliphatic heterocycles. The topological polar surface area (TPSA) is 72.5 Å². The molecule has 0 spiro atoms. The lowest BCUT2D eigenvalue weighted by molar-refractivity contribution is 0.825. The predicted octanol–water partition coefficient (Wildman–Crippen LogP) is 2.40. The SMILES string of the molecule is Cc1nn(-c2nc3ccccc3[nH]2)c(N)c1Br. The van der Waals surface area contributed by atoms with E-state index in [9.17, 15) is 0 Å². The number of para-hydroxylation sites is 2. The first-order valence-corrected chi connectivity index (χ1v) is 5.92. The van der Waals surface area contributed by atoms with Crippen LogP contribution in [0.5, 0.6) is 0 Å². The van der Waals surface area contributed by atoms with Crippen LogP contribution < -0.4 is 5.73 Å². The molecule has 3 aromatic rings. The zero-order valence-electron chi connectivity index (χ0n) is 9.11. The van der Waals surface area contributed by atoms with Crippen molar-refractivity contribution in [2.24, 2.45) is 0 Å². The van der Waals surface area contributed by atoms with Gasteiger partial charge < -0.3 is 10.7 Å². The highest BCUT2D eigenvalue weighted by Gasteiger charge is 2.13. The smallest absolute Gasteiger partial charge is 0.231 e. The third-order valence-corrected chi connectivity index (χ3v) is 3.58. The van der Waals surface area contributed by atoms with Crippen LogP contribution in [0.1, 0.15) is 5.69 Å². The van der Waals surface area contributed by atoms with Crippen molar-refractivity contribution >= 4 is 32.8 Å². The Hall–Kier alpha value is -1.82. The minimum atomic E-state index is 0.543. The monoisotopic (exact) mass is 291 g/mol. The first-order chi connectivity index (χ1) is 8.16. The molecule has 2 aromatic heterocycles. The molecule has 5 nitrogen and oxygen atoms in total. The van der Waals surface area contributed by atoms with Gasteiger partial charge in [-0.3, -0.25) is 0 Å². The molecule has 0 bridgehead atoms. The van der Waals surface area contributed by atoms with E-state index in [0.717, 1.165) is 21.2 Å². The largest absolute Gasteiger partial charge is 0.383 e. The number of hydrogen-bond acceptors (Lipinski definition) is 3. The first kappa shape index (κ1) is 10.3. The van der Waals surface area contributed by atoms with Gasteiger partial charge in [-0.2, -0.15) is 9.78 Å². The summed E-state index contributed by atoms with van der Waals surface area (Å²) in [6.45, 7) is 1.89. The number of aryl methyl sites for hydroxylation is 1. The van der Waals surface area contributed by atoms with Gasteiger partial charge in [-0.1, -0.05) is 12.1 Å². The van der Waals surface area contributed by atoms with Crippen molar-refractivity contribution in [3.05, 3.63) is 34.4 Å². The summed E-state index contributed by atoms with van der Waals surface area (Å²) >= 11 is 3.39. The van der Waals surface area contributed by atoms with E-state index in [2.05, 4.69) is 31.0 Å². The number of anilines is 1. The summed E-state index contributed by atoms with van der Waals surface area (Å²) in [6, 6.07) is 7.81. The second-order valence-electron chi connectivity index (χ2n) is 3.77. The Labute approximate surface area is 106 Å². The van der Waals surface area contributed by atoms with E-state index in [1.54, 1.807) is 4.68 Å². The number of benzene rings is 1. The highest BCUT2D eigenvalue weighted by molar-refractivity contribution is 9.10. The molecule has 0 fully saturated rings. The molecule has 2 heterocycles. The van der Waals surface area contributed by atoms with Gasteiger partial charge in [0.2, 0.25) is 5.95 Å². The van der Waals surface area contributed by atoms with E-state index in [1.165, 1.54) is 0 Å². The van der Waals surface area contributed by atoms with Crippen molar-refractivity contribution in [2.75, 3.05) is 5.73 Å². The van der Waals surface area contributed by atoms with Crippen molar-refractivity contribution < 1.29 is 0 Å². The van der Waals surface area contributed by atoms with Gasteiger partial charge in [0.1, 0.15) is 5.82 Å². The maximum atomic E-state index is 5.95. The lowest BCUT2D eigenvalue weighted by Crippen LogP contribution is -2.03. The summed E-state index contributed by atoms with van der Waals surface area (Å²) < 4.78 is 2.40. The predicted molar refractivity (Wildman–Crippen MR) is 70.1 cm³/mol. The standard InChI is InChI=1S/C11H10BrN5/c1-6-9(12)10(13)17(16-6)11-14-7-4-2-3-5-8(7)15-11/h2-5H,13H2,1H3,(H,14,15). The van der Waals surface area contributed by atoms with Gasteiger partial charge in [-0.15, -0.1) is 0 Å². The maximum Gasteiger partial charge on any atom is 0.231 e. The summed E-state index contributed by atoms with van der Waals surface area (Å²) in [5, 5.41) is 4.33. The van der Waals surface area contributed by atoms with Crippen molar-refractivity contribution in [1.29, 1.82) is 0 Å². The normalized spacial score (nSPS) is 11.2. The quantitative estimate of drug-likeness (QED) is 0.723. The summed E-state index contributed by atoms with van der Waals surface area (Å²) in [7, 11) is 0. The molecule has 0 aliphatic rings. The third-order valence-electron chi connectivity index (χ3n) is 2.60. The number of aromatic nitrogens is 4. The molecule has 3 N–H and O–H groups in total. The van der Waals surface area contributed by atoms with Crippen LogP contribution in [0.3, 0.4) is 0 Å². The number of imidazole rings is 1. The number of nitrogens with one attached hydrogen (secondary N) is 1. The van der Waals surface area contributed by atoms with Crippen LogP contribution in [0.15, 0.2) is 28.7 Å². The number of nitrogens with zero attached hydrogens (tertiary/aromatic N) is 3. The third kappa shape index (κ3) is 1.52. The number of nitrogen functional groups attached to an aromatic ring is 1. The fourth-order valence-electron chi connectivity index (χ4n) is 1.73. The molecule has 0 atom stereocenters. The summed E-state index contributed by atoms with van der Waals surface area (Å²) in [5.41, 5.74) is 8.65. The lowest BCUT2D eigenvalue weighted by Gasteiger charge is -1.97. The van der Waals surface area contributed by atoms with E-state index < -0.39 is 0 Å². The second-order valence-corrected chi connectivity index (χ2v) is 4.57. The van der Waals surface area contributed by atoms with Gasteiger partial charge in [0.05, 0.1) is 21.2 Å². The van der Waals surface area contributed by atoms with Crippen LogP contribution in [0.25, 0.3) is 17.0 Å². The van der Waals surface area contributed by atoms with Crippen LogP contribution in [-0.2, 0) is 0 Å². The molecule has 0 amide bonds. The van der Waals surface area contributed by atoms with Crippen LogP contribution in [-0.4, -0.2) is 19.7 Å². The highest BCUT2D eigenvalue weighted by Crippen LogP contribution is 2.25. The number of rotatable bonds is 1. The average molecular weight is 292 g/mol. The van der Waals surface area contributed by atoms with Crippen molar-refractivity contribution in [3.63, 3.8) is 0 Å². The molecule has 3 rings (SSSR count). The molecular weight excluding hydrogens is 282 g/mol. The van der Waals surface area contributed by atoms with Crippen molar-refractivity contribution in [2.45, 2.75) is 6.92 Å². The Morgan fingerprint density at radius 3 is 2.76 bits per heavy atom. The Morgan fingerprint density at radius 2 is 2.12 bits per heavy atom. The van der Waals surface area contributed by atoms with Crippen LogP contribution in [0, 0.1) is 6.92 Å². The Morgan fingerprint density at radius 1 is 1.35 bits per heavy atom. The molecule has 86 valence electrons. The summed E-state index contributed by atoms with van der Waals surface area (Å²) in [4.78, 5) is 7.62.